The Morgan fingerprint density at radius 1 is 1.11 bits per heavy atom. The number of ketones is 1. The minimum absolute atomic E-state index is 0.00915. The van der Waals surface area contributed by atoms with E-state index in [-0.39, 0.29) is 35.5 Å². The summed E-state index contributed by atoms with van der Waals surface area (Å²) >= 11 is 0. The molecule has 9 heteroatoms. The van der Waals surface area contributed by atoms with Gasteiger partial charge in [0.15, 0.2) is 5.78 Å². The molecule has 1 aromatic carbocycles. The lowest BCUT2D eigenvalue weighted by Crippen LogP contribution is -2.50. The molecule has 3 atom stereocenters. The molecule has 2 aliphatic heterocycles. The van der Waals surface area contributed by atoms with Crippen molar-refractivity contribution in [1.29, 1.82) is 0 Å². The number of piperidine rings is 1. The number of aliphatic hydroxyl groups is 1. The average molecular weight is 500 g/mol. The van der Waals surface area contributed by atoms with Gasteiger partial charge in [0, 0.05) is 55.7 Å². The molecule has 0 spiro atoms. The number of Topliss-reactive ketones (excluding diaryl/α,β-unsaturated/α-hetero) is 1. The Bertz CT molecular complexity index is 1050. The summed E-state index contributed by atoms with van der Waals surface area (Å²) in [6.45, 7) is 9.60. The van der Waals surface area contributed by atoms with Gasteiger partial charge in [-0.25, -0.2) is 4.79 Å². The molecular formula is C27H37N3O6. The number of piperazine rings is 1. The Hall–Kier alpha value is -2.94. The van der Waals surface area contributed by atoms with Gasteiger partial charge in [0.25, 0.3) is 0 Å². The summed E-state index contributed by atoms with van der Waals surface area (Å²) in [7, 11) is 0. The highest BCUT2D eigenvalue weighted by Crippen LogP contribution is 2.42. The summed E-state index contributed by atoms with van der Waals surface area (Å²) in [6.07, 6.45) is 1.82. The maximum atomic E-state index is 13.3. The second-order valence-corrected chi connectivity index (χ2v) is 11.4. The number of benzene rings is 1. The molecule has 36 heavy (non-hydrogen) atoms. The zero-order valence-electron chi connectivity index (χ0n) is 21.6. The van der Waals surface area contributed by atoms with Crippen molar-refractivity contribution in [1.82, 2.24) is 10.2 Å². The van der Waals surface area contributed by atoms with E-state index in [4.69, 9.17) is 4.74 Å². The molecule has 2 N–H and O–H groups in total. The first-order valence-electron chi connectivity index (χ1n) is 12.8. The van der Waals surface area contributed by atoms with Crippen molar-refractivity contribution in [3.63, 3.8) is 0 Å². The van der Waals surface area contributed by atoms with E-state index in [1.165, 1.54) is 0 Å². The fraction of sp³-hybridized carbons (Fsp3) is 0.630. The molecule has 4 rings (SSSR count). The molecule has 1 aliphatic carbocycles. The zero-order chi connectivity index (χ0) is 26.3. The Balaban J connectivity index is 1.41. The quantitative estimate of drug-likeness (QED) is 0.612. The predicted octanol–water partition coefficient (Wildman–Crippen LogP) is 2.99. The topological polar surface area (TPSA) is 116 Å². The van der Waals surface area contributed by atoms with E-state index >= 15 is 0 Å². The summed E-state index contributed by atoms with van der Waals surface area (Å²) in [5.74, 6) is -1.17. The third-order valence-corrected chi connectivity index (χ3v) is 7.38. The number of amides is 3. The SMILES string of the molecule is CC(C)(C)OC(=O)N1CCN(c2ccc3c(c2)C(C)(O)CC(CCC2CCC(=O)NC2=O)C3=O)CC1. The number of nitrogens with zero attached hydrogens (tertiary/aromatic N) is 2. The van der Waals surface area contributed by atoms with Crippen LogP contribution in [0.25, 0.3) is 0 Å². The van der Waals surface area contributed by atoms with E-state index in [1.54, 1.807) is 17.9 Å². The molecule has 0 radical (unpaired) electrons. The second-order valence-electron chi connectivity index (χ2n) is 11.4. The second kappa shape index (κ2) is 9.84. The molecule has 3 amide bonds. The van der Waals surface area contributed by atoms with Crippen molar-refractivity contribution >= 4 is 29.4 Å². The molecule has 3 aliphatic rings. The molecule has 0 saturated carbocycles. The molecule has 3 unspecified atom stereocenters. The van der Waals surface area contributed by atoms with E-state index in [1.807, 2.05) is 32.9 Å². The maximum Gasteiger partial charge on any atom is 0.410 e. The molecule has 2 saturated heterocycles. The minimum Gasteiger partial charge on any atom is -0.444 e. The van der Waals surface area contributed by atoms with Crippen LogP contribution in [0.3, 0.4) is 0 Å². The highest BCUT2D eigenvalue weighted by Gasteiger charge is 2.41. The summed E-state index contributed by atoms with van der Waals surface area (Å²) in [4.78, 5) is 53.0. The van der Waals surface area contributed by atoms with Gasteiger partial charge in [-0.15, -0.1) is 0 Å². The molecule has 196 valence electrons. The highest BCUT2D eigenvalue weighted by molar-refractivity contribution is 6.01. The van der Waals surface area contributed by atoms with E-state index in [2.05, 4.69) is 10.2 Å². The first-order valence-corrected chi connectivity index (χ1v) is 12.8. The Morgan fingerprint density at radius 2 is 1.78 bits per heavy atom. The molecule has 9 nitrogen and oxygen atoms in total. The van der Waals surface area contributed by atoms with Crippen LogP contribution in [0.5, 0.6) is 0 Å². The molecule has 0 aromatic heterocycles. The van der Waals surface area contributed by atoms with Crippen LogP contribution in [0, 0.1) is 11.8 Å². The summed E-state index contributed by atoms with van der Waals surface area (Å²) in [5.41, 5.74) is 0.345. The van der Waals surface area contributed by atoms with Gasteiger partial charge in [0.2, 0.25) is 11.8 Å². The lowest BCUT2D eigenvalue weighted by molar-refractivity contribution is -0.136. The van der Waals surface area contributed by atoms with E-state index < -0.39 is 11.2 Å². The third kappa shape index (κ3) is 5.72. The van der Waals surface area contributed by atoms with Gasteiger partial charge >= 0.3 is 6.09 Å². The van der Waals surface area contributed by atoms with Crippen molar-refractivity contribution in [3.8, 4) is 0 Å². The lowest BCUT2D eigenvalue weighted by atomic mass is 9.71. The number of hydrogen-bond donors (Lipinski definition) is 2. The fourth-order valence-electron chi connectivity index (χ4n) is 5.41. The van der Waals surface area contributed by atoms with Crippen LogP contribution in [0.1, 0.15) is 75.7 Å². The van der Waals surface area contributed by atoms with E-state index in [0.29, 0.717) is 69.4 Å². The Kier molecular flexibility index (Phi) is 7.14. The van der Waals surface area contributed by atoms with E-state index in [0.717, 1.165) is 5.69 Å². The van der Waals surface area contributed by atoms with Crippen LogP contribution in [-0.4, -0.2) is 65.5 Å². The first kappa shape index (κ1) is 26.1. The monoisotopic (exact) mass is 499 g/mol. The number of rotatable bonds is 4. The van der Waals surface area contributed by atoms with Gasteiger partial charge in [-0.3, -0.25) is 19.7 Å². The third-order valence-electron chi connectivity index (χ3n) is 7.38. The molecule has 2 heterocycles. The molecule has 0 bridgehead atoms. The number of anilines is 1. The maximum absolute atomic E-state index is 13.3. The normalized spacial score (nSPS) is 27.0. The number of fused-ring (bicyclic) bond motifs is 1. The highest BCUT2D eigenvalue weighted by atomic mass is 16.6. The fourth-order valence-corrected chi connectivity index (χ4v) is 5.41. The zero-order valence-corrected chi connectivity index (χ0v) is 21.6. The molecule has 1 aromatic rings. The number of hydrogen-bond acceptors (Lipinski definition) is 7. The summed E-state index contributed by atoms with van der Waals surface area (Å²) < 4.78 is 5.47. The van der Waals surface area contributed by atoms with Crippen LogP contribution < -0.4 is 10.2 Å². The van der Waals surface area contributed by atoms with Crippen molar-refractivity contribution in [2.24, 2.45) is 11.8 Å². The number of carbonyl (C=O) groups is 4. The first-order chi connectivity index (χ1) is 16.8. The van der Waals surface area contributed by atoms with Crippen LogP contribution in [-0.2, 0) is 19.9 Å². The van der Waals surface area contributed by atoms with Crippen LogP contribution in [0.15, 0.2) is 18.2 Å². The minimum atomic E-state index is -1.17. The van der Waals surface area contributed by atoms with Crippen molar-refractivity contribution in [2.75, 3.05) is 31.1 Å². The standard InChI is InChI=1S/C27H37N3O6/c1-26(2,3)36-25(34)30-13-11-29(12-14-30)19-8-9-20-21(15-19)27(4,35)16-18(23(20)32)6-5-17-7-10-22(31)28-24(17)33/h8-9,15,17-18,35H,5-7,10-14,16H2,1-4H3,(H,28,31,33). The molecule has 2 fully saturated rings. The summed E-state index contributed by atoms with van der Waals surface area (Å²) in [6, 6.07) is 5.59. The predicted molar refractivity (Wildman–Crippen MR) is 134 cm³/mol. The van der Waals surface area contributed by atoms with Gasteiger partial charge in [0.1, 0.15) is 5.60 Å². The van der Waals surface area contributed by atoms with Crippen molar-refractivity contribution < 1.29 is 29.0 Å². The number of ether oxygens (including phenoxy) is 1. The van der Waals surface area contributed by atoms with E-state index in [9.17, 15) is 24.3 Å². The van der Waals surface area contributed by atoms with Gasteiger partial charge in [-0.2, -0.15) is 0 Å². The van der Waals surface area contributed by atoms with Gasteiger partial charge in [0.05, 0.1) is 5.60 Å². The Labute approximate surface area is 212 Å². The van der Waals surface area contributed by atoms with Gasteiger partial charge < -0.3 is 19.6 Å². The van der Waals surface area contributed by atoms with Gasteiger partial charge in [-0.1, -0.05) is 0 Å². The Morgan fingerprint density at radius 3 is 2.42 bits per heavy atom. The lowest BCUT2D eigenvalue weighted by Gasteiger charge is -2.39. The van der Waals surface area contributed by atoms with Crippen LogP contribution in [0.2, 0.25) is 0 Å². The van der Waals surface area contributed by atoms with Crippen molar-refractivity contribution in [3.05, 3.63) is 29.3 Å². The largest absolute Gasteiger partial charge is 0.444 e. The number of imide groups is 1. The number of carbonyl (C=O) groups excluding carboxylic acids is 4. The van der Waals surface area contributed by atoms with Crippen LogP contribution >= 0.6 is 0 Å². The number of nitrogens with one attached hydrogen (secondary N) is 1. The molecular weight excluding hydrogens is 462 g/mol. The van der Waals surface area contributed by atoms with Gasteiger partial charge in [-0.05, 0) is 77.1 Å². The summed E-state index contributed by atoms with van der Waals surface area (Å²) in [5, 5.41) is 13.7. The average Bonchev–Trinajstić information content (AvgIpc) is 2.80. The smallest absolute Gasteiger partial charge is 0.410 e. The van der Waals surface area contributed by atoms with Crippen molar-refractivity contribution in [2.45, 2.75) is 71.0 Å². The van der Waals surface area contributed by atoms with Crippen LogP contribution in [0.4, 0.5) is 10.5 Å².